The van der Waals surface area contributed by atoms with E-state index >= 15 is 0 Å². The van der Waals surface area contributed by atoms with Gasteiger partial charge in [-0.25, -0.2) is 4.79 Å². The molecule has 0 aliphatic heterocycles. The van der Waals surface area contributed by atoms with E-state index in [0.717, 1.165) is 24.2 Å². The molecule has 1 aliphatic carbocycles. The van der Waals surface area contributed by atoms with Gasteiger partial charge >= 0.3 is 5.97 Å². The van der Waals surface area contributed by atoms with E-state index in [1.807, 2.05) is 24.3 Å². The zero-order valence-corrected chi connectivity index (χ0v) is 26.7. The summed E-state index contributed by atoms with van der Waals surface area (Å²) in [5, 5.41) is 0. The lowest BCUT2D eigenvalue weighted by atomic mass is 9.92. The van der Waals surface area contributed by atoms with Crippen LogP contribution in [0.25, 0.3) is 12.2 Å². The molecule has 0 amide bonds. The second-order valence-electron chi connectivity index (χ2n) is 11.4. The number of ether oxygens (including phenoxy) is 4. The first kappa shape index (κ1) is 32.2. The Bertz CT molecular complexity index is 1560. The predicted octanol–water partition coefficient (Wildman–Crippen LogP) is 8.41. The third kappa shape index (κ3) is 8.72. The van der Waals surface area contributed by atoms with E-state index in [2.05, 4.69) is 85.8 Å². The van der Waals surface area contributed by atoms with Crippen molar-refractivity contribution >= 4 is 18.1 Å². The molecule has 0 heterocycles. The Morgan fingerprint density at radius 3 is 2.27 bits per heavy atom. The molecule has 0 bridgehead atoms. The number of aryl methyl sites for hydroxylation is 1. The zero-order chi connectivity index (χ0) is 31.4. The summed E-state index contributed by atoms with van der Waals surface area (Å²) in [5.41, 5.74) is 9.66. The number of hydrogen-bond acceptors (Lipinski definition) is 5. The molecule has 5 nitrogen and oxygen atoms in total. The fourth-order valence-corrected chi connectivity index (χ4v) is 5.77. The molecule has 0 radical (unpaired) electrons. The normalized spacial score (nSPS) is 14.2. The monoisotopic (exact) mass is 604 g/mol. The van der Waals surface area contributed by atoms with Crippen LogP contribution in [0.5, 0.6) is 5.75 Å². The molecule has 5 rings (SSSR count). The van der Waals surface area contributed by atoms with Gasteiger partial charge in [-0.2, -0.15) is 0 Å². The minimum Gasteiger partial charge on any atom is -0.491 e. The van der Waals surface area contributed by atoms with Crippen LogP contribution in [0.1, 0.15) is 77.3 Å². The number of fused-ring (bicyclic) bond motifs is 2. The Kier molecular flexibility index (Phi) is 11.6. The minimum absolute atomic E-state index is 0.197. The molecule has 45 heavy (non-hydrogen) atoms. The first-order chi connectivity index (χ1) is 22.1. The van der Waals surface area contributed by atoms with Crippen LogP contribution in [0.4, 0.5) is 0 Å². The highest BCUT2D eigenvalue weighted by Crippen LogP contribution is 2.37. The molecule has 0 aromatic heterocycles. The highest BCUT2D eigenvalue weighted by molar-refractivity contribution is 5.77. The quantitative estimate of drug-likeness (QED) is 0.101. The lowest BCUT2D eigenvalue weighted by Gasteiger charge is -2.22. The molecular formula is C40H44O5. The van der Waals surface area contributed by atoms with Crippen LogP contribution in [0, 0.1) is 0 Å². The van der Waals surface area contributed by atoms with Gasteiger partial charge in [-0.05, 0) is 82.8 Å². The summed E-state index contributed by atoms with van der Waals surface area (Å²) >= 11 is 0. The maximum Gasteiger partial charge on any atom is 0.335 e. The fourth-order valence-electron chi connectivity index (χ4n) is 5.77. The van der Waals surface area contributed by atoms with E-state index < -0.39 is 6.10 Å². The van der Waals surface area contributed by atoms with Gasteiger partial charge in [0.15, 0.2) is 6.10 Å². The fraction of sp³-hybridized carbons (Fsp3) is 0.325. The summed E-state index contributed by atoms with van der Waals surface area (Å²) in [4.78, 5) is 12.1. The Balaban J connectivity index is 1.28. The van der Waals surface area contributed by atoms with Crippen molar-refractivity contribution in [2.75, 3.05) is 26.9 Å². The number of esters is 1. The summed E-state index contributed by atoms with van der Waals surface area (Å²) < 4.78 is 23.2. The molecule has 4 aromatic carbocycles. The second-order valence-corrected chi connectivity index (χ2v) is 11.4. The largest absolute Gasteiger partial charge is 0.491 e. The van der Waals surface area contributed by atoms with E-state index in [1.54, 1.807) is 6.92 Å². The molecule has 234 valence electrons. The maximum atomic E-state index is 12.1. The average molecular weight is 605 g/mol. The summed E-state index contributed by atoms with van der Waals surface area (Å²) in [7, 11) is 1.52. The summed E-state index contributed by atoms with van der Waals surface area (Å²) in [6, 6.07) is 31.9. The van der Waals surface area contributed by atoms with Crippen molar-refractivity contribution in [3.05, 3.63) is 136 Å². The first-order valence-electron chi connectivity index (χ1n) is 16.1. The van der Waals surface area contributed by atoms with Crippen LogP contribution in [0.15, 0.2) is 91.0 Å². The molecule has 0 saturated heterocycles. The van der Waals surface area contributed by atoms with Crippen molar-refractivity contribution < 1.29 is 23.7 Å². The molecule has 0 saturated carbocycles. The van der Waals surface area contributed by atoms with Crippen LogP contribution < -0.4 is 4.74 Å². The van der Waals surface area contributed by atoms with Gasteiger partial charge in [0.05, 0.1) is 13.2 Å². The average Bonchev–Trinajstić information content (AvgIpc) is 3.21. The topological polar surface area (TPSA) is 54.0 Å². The highest BCUT2D eigenvalue weighted by Gasteiger charge is 2.23. The van der Waals surface area contributed by atoms with Gasteiger partial charge in [-0.15, -0.1) is 0 Å². The van der Waals surface area contributed by atoms with Gasteiger partial charge in [-0.1, -0.05) is 104 Å². The van der Waals surface area contributed by atoms with Crippen LogP contribution in [-0.4, -0.2) is 39.0 Å². The standard InChI is InChI=1S/C40H44O5/c1-4-6-10-30-13-17-33-18-19-34-26-32(25-29-11-8-7-9-12-29)16-22-36(34)39(37(33)27-30)45-24-23-44-35-20-14-31(15-21-35)28-38(42-3)40(41)43-5-2/h7-9,11-22,26-27,38-39H,4-6,10,23-25,28H2,1-3H3. The third-order valence-electron chi connectivity index (χ3n) is 8.19. The Morgan fingerprint density at radius 2 is 1.51 bits per heavy atom. The Hall–Kier alpha value is -4.19. The highest BCUT2D eigenvalue weighted by atomic mass is 16.6. The van der Waals surface area contributed by atoms with Crippen LogP contribution in [-0.2, 0) is 38.3 Å². The SMILES string of the molecule is CCCCc1ccc2c(c1)C(OCCOc1ccc(CC(OC)C(=O)OCC)cc1)c1ccc(Cc3ccccc3)cc1C=C2. The molecule has 2 atom stereocenters. The van der Waals surface area contributed by atoms with Crippen LogP contribution in [0.2, 0.25) is 0 Å². The van der Waals surface area contributed by atoms with Gasteiger partial charge in [0.25, 0.3) is 0 Å². The van der Waals surface area contributed by atoms with Crippen molar-refractivity contribution in [1.29, 1.82) is 0 Å². The number of rotatable bonds is 15. The van der Waals surface area contributed by atoms with Crippen molar-refractivity contribution in [2.24, 2.45) is 0 Å². The van der Waals surface area contributed by atoms with Crippen molar-refractivity contribution in [3.8, 4) is 5.75 Å². The minimum atomic E-state index is -0.623. The molecule has 0 N–H and O–H groups in total. The second kappa shape index (κ2) is 16.2. The Morgan fingerprint density at radius 1 is 0.756 bits per heavy atom. The molecule has 5 heteroatoms. The smallest absolute Gasteiger partial charge is 0.335 e. The summed E-state index contributed by atoms with van der Waals surface area (Å²) in [6.45, 7) is 5.20. The molecule has 1 aliphatic rings. The van der Waals surface area contributed by atoms with E-state index in [0.29, 0.717) is 26.2 Å². The number of carbonyl (C=O) groups excluding carboxylic acids is 1. The molecular weight excluding hydrogens is 560 g/mol. The van der Waals surface area contributed by atoms with Crippen LogP contribution >= 0.6 is 0 Å². The molecule has 0 spiro atoms. The van der Waals surface area contributed by atoms with Gasteiger partial charge in [-0.3, -0.25) is 0 Å². The van der Waals surface area contributed by atoms with Crippen LogP contribution in [0.3, 0.4) is 0 Å². The van der Waals surface area contributed by atoms with Gasteiger partial charge in [0.2, 0.25) is 0 Å². The molecule has 0 fully saturated rings. The first-order valence-corrected chi connectivity index (χ1v) is 16.1. The van der Waals surface area contributed by atoms with Gasteiger partial charge in [0, 0.05) is 13.5 Å². The van der Waals surface area contributed by atoms with E-state index in [9.17, 15) is 4.79 Å². The number of unbranched alkanes of at least 4 members (excludes halogenated alkanes) is 1. The van der Waals surface area contributed by atoms with Gasteiger partial charge in [0.1, 0.15) is 18.5 Å². The Labute approximate surface area is 267 Å². The van der Waals surface area contributed by atoms with Gasteiger partial charge < -0.3 is 18.9 Å². The van der Waals surface area contributed by atoms with Crippen molar-refractivity contribution in [3.63, 3.8) is 0 Å². The lowest BCUT2D eigenvalue weighted by molar-refractivity contribution is -0.154. The van der Waals surface area contributed by atoms with Crippen molar-refractivity contribution in [2.45, 2.75) is 58.2 Å². The van der Waals surface area contributed by atoms with E-state index in [-0.39, 0.29) is 12.1 Å². The maximum absolute atomic E-state index is 12.1. The summed E-state index contributed by atoms with van der Waals surface area (Å²) in [6.07, 6.45) is 8.37. The number of hydrogen-bond donors (Lipinski definition) is 0. The van der Waals surface area contributed by atoms with E-state index in [4.69, 9.17) is 18.9 Å². The zero-order valence-electron chi connectivity index (χ0n) is 26.7. The predicted molar refractivity (Wildman–Crippen MR) is 181 cm³/mol. The number of methoxy groups -OCH3 is 1. The van der Waals surface area contributed by atoms with Crippen molar-refractivity contribution in [1.82, 2.24) is 0 Å². The third-order valence-corrected chi connectivity index (χ3v) is 8.19. The number of carbonyl (C=O) groups is 1. The lowest BCUT2D eigenvalue weighted by Crippen LogP contribution is -2.27. The summed E-state index contributed by atoms with van der Waals surface area (Å²) in [5.74, 6) is 0.405. The van der Waals surface area contributed by atoms with E-state index in [1.165, 1.54) is 58.9 Å². The molecule has 4 aromatic rings. The molecule has 2 unspecified atom stereocenters. The number of benzene rings is 4.